The van der Waals surface area contributed by atoms with Gasteiger partial charge in [-0.1, -0.05) is 23.7 Å². The highest BCUT2D eigenvalue weighted by molar-refractivity contribution is 6.30. The van der Waals surface area contributed by atoms with Crippen LogP contribution in [-0.2, 0) is 4.79 Å². The second-order valence-electron chi connectivity index (χ2n) is 7.45. The number of piperidine rings is 1. The van der Waals surface area contributed by atoms with Crippen molar-refractivity contribution in [3.63, 3.8) is 0 Å². The zero-order valence-electron chi connectivity index (χ0n) is 16.6. The fraction of sp³-hybridized carbons (Fsp3) is 0.409. The molecule has 1 heterocycles. The van der Waals surface area contributed by atoms with Crippen molar-refractivity contribution in [3.05, 3.63) is 58.6 Å². The number of nitrogens with zero attached hydrogens (tertiary/aromatic N) is 2. The summed E-state index contributed by atoms with van der Waals surface area (Å²) in [5.74, 6) is -0.338. The lowest BCUT2D eigenvalue weighted by molar-refractivity contribution is -0.143. The number of likely N-dealkylation sites (tertiary alicyclic amines) is 1. The number of rotatable bonds is 6. The maximum atomic E-state index is 11.6. The molecule has 3 rings (SSSR count). The Bertz CT molecular complexity index is 823. The van der Waals surface area contributed by atoms with Crippen molar-refractivity contribution < 1.29 is 14.6 Å². The lowest BCUT2D eigenvalue weighted by Crippen LogP contribution is -2.41. The third-order valence-electron chi connectivity index (χ3n) is 5.38. The third kappa shape index (κ3) is 4.42. The number of aliphatic carboxylic acids is 1. The molecule has 1 saturated heterocycles. The van der Waals surface area contributed by atoms with Crippen LogP contribution in [0.4, 0.5) is 5.69 Å². The molecule has 1 aliphatic heterocycles. The Morgan fingerprint density at radius 1 is 1.25 bits per heavy atom. The monoisotopic (exact) mass is 402 g/mol. The fourth-order valence-electron chi connectivity index (χ4n) is 3.90. The molecule has 2 aromatic carbocycles. The summed E-state index contributed by atoms with van der Waals surface area (Å²) in [6, 6.07) is 13.9. The lowest BCUT2D eigenvalue weighted by Gasteiger charge is -2.38. The van der Waals surface area contributed by atoms with Crippen molar-refractivity contribution in [2.45, 2.75) is 18.9 Å². The molecule has 2 unspecified atom stereocenters. The number of carbonyl (C=O) groups is 1. The number of halogens is 1. The quantitative estimate of drug-likeness (QED) is 0.780. The highest BCUT2D eigenvalue weighted by Gasteiger charge is 2.32. The van der Waals surface area contributed by atoms with Crippen LogP contribution in [0.2, 0.25) is 5.02 Å². The first kappa shape index (κ1) is 20.5. The number of ether oxygens (including phenoxy) is 1. The van der Waals surface area contributed by atoms with E-state index in [-0.39, 0.29) is 12.0 Å². The molecule has 1 aliphatic rings. The van der Waals surface area contributed by atoms with E-state index in [9.17, 15) is 9.90 Å². The van der Waals surface area contributed by atoms with E-state index >= 15 is 0 Å². The Kier molecular flexibility index (Phi) is 6.47. The molecule has 1 fully saturated rings. The van der Waals surface area contributed by atoms with Gasteiger partial charge >= 0.3 is 5.97 Å². The van der Waals surface area contributed by atoms with Crippen LogP contribution in [0.1, 0.15) is 30.0 Å². The van der Waals surface area contributed by atoms with Gasteiger partial charge in [-0.25, -0.2) is 0 Å². The molecular weight excluding hydrogens is 376 g/mol. The molecule has 0 bridgehead atoms. The summed E-state index contributed by atoms with van der Waals surface area (Å²) in [6.07, 6.45) is 1.57. The summed E-state index contributed by atoms with van der Waals surface area (Å²) in [5.41, 5.74) is 3.17. The minimum absolute atomic E-state index is 0.119. The SMILES string of the molecule is COc1ccc(Cl)cc1C(c1ccc(N(C)C)cc1)N1CCCC(C(=O)O)C1. The van der Waals surface area contributed by atoms with E-state index in [0.29, 0.717) is 18.0 Å². The largest absolute Gasteiger partial charge is 0.496 e. The number of carboxylic acid groups (broad SMARTS) is 1. The van der Waals surface area contributed by atoms with Gasteiger partial charge in [-0.2, -0.15) is 0 Å². The molecule has 0 spiro atoms. The Morgan fingerprint density at radius 2 is 1.96 bits per heavy atom. The summed E-state index contributed by atoms with van der Waals surface area (Å²) in [7, 11) is 5.67. The van der Waals surface area contributed by atoms with E-state index in [1.807, 2.05) is 32.3 Å². The number of hydrogen-bond acceptors (Lipinski definition) is 4. The standard InChI is InChI=1S/C22H27ClN2O3/c1-24(2)18-9-6-15(7-10-18)21(19-13-17(23)8-11-20(19)28-3)25-12-4-5-16(14-25)22(26)27/h6-11,13,16,21H,4-5,12,14H2,1-3H3,(H,26,27). The van der Waals surface area contributed by atoms with Crippen LogP contribution in [0.15, 0.2) is 42.5 Å². The molecular formula is C22H27ClN2O3. The van der Waals surface area contributed by atoms with Crippen molar-refractivity contribution in [1.29, 1.82) is 0 Å². The Hall–Kier alpha value is -2.24. The van der Waals surface area contributed by atoms with E-state index in [2.05, 4.69) is 34.1 Å². The number of anilines is 1. The molecule has 0 amide bonds. The minimum Gasteiger partial charge on any atom is -0.496 e. The molecule has 2 aromatic rings. The topological polar surface area (TPSA) is 53.0 Å². The van der Waals surface area contributed by atoms with E-state index in [1.165, 1.54) is 0 Å². The minimum atomic E-state index is -0.732. The summed E-state index contributed by atoms with van der Waals surface area (Å²) in [6.45, 7) is 1.34. The second-order valence-corrected chi connectivity index (χ2v) is 7.88. The highest BCUT2D eigenvalue weighted by atomic mass is 35.5. The fourth-order valence-corrected chi connectivity index (χ4v) is 4.08. The maximum absolute atomic E-state index is 11.6. The third-order valence-corrected chi connectivity index (χ3v) is 5.61. The van der Waals surface area contributed by atoms with Gasteiger partial charge in [-0.05, 0) is 55.3 Å². The number of carboxylic acids is 1. The first-order chi connectivity index (χ1) is 13.4. The van der Waals surface area contributed by atoms with Crippen LogP contribution in [0.5, 0.6) is 5.75 Å². The molecule has 0 radical (unpaired) electrons. The normalized spacial score (nSPS) is 18.5. The van der Waals surface area contributed by atoms with Crippen molar-refractivity contribution >= 4 is 23.3 Å². The van der Waals surface area contributed by atoms with Crippen molar-refractivity contribution in [2.24, 2.45) is 5.92 Å². The summed E-state index contributed by atoms with van der Waals surface area (Å²) < 4.78 is 5.62. The number of hydrogen-bond donors (Lipinski definition) is 1. The highest BCUT2D eigenvalue weighted by Crippen LogP contribution is 2.39. The van der Waals surface area contributed by atoms with Crippen molar-refractivity contribution in [3.8, 4) is 5.75 Å². The molecule has 28 heavy (non-hydrogen) atoms. The number of methoxy groups -OCH3 is 1. The van der Waals surface area contributed by atoms with E-state index in [0.717, 1.165) is 35.5 Å². The van der Waals surface area contributed by atoms with Crippen LogP contribution in [0.25, 0.3) is 0 Å². The van der Waals surface area contributed by atoms with Gasteiger partial charge in [0, 0.05) is 36.9 Å². The molecule has 0 saturated carbocycles. The smallest absolute Gasteiger partial charge is 0.307 e. The van der Waals surface area contributed by atoms with Crippen molar-refractivity contribution in [1.82, 2.24) is 4.90 Å². The van der Waals surface area contributed by atoms with Crippen LogP contribution in [-0.4, -0.2) is 50.3 Å². The molecule has 2 atom stereocenters. The first-order valence-electron chi connectivity index (χ1n) is 9.48. The molecule has 150 valence electrons. The van der Waals surface area contributed by atoms with Crippen LogP contribution in [0, 0.1) is 5.92 Å². The molecule has 6 heteroatoms. The summed E-state index contributed by atoms with van der Waals surface area (Å²) >= 11 is 6.32. The van der Waals surface area contributed by atoms with Gasteiger partial charge in [0.2, 0.25) is 0 Å². The van der Waals surface area contributed by atoms with Gasteiger partial charge in [0.15, 0.2) is 0 Å². The molecule has 5 nitrogen and oxygen atoms in total. The Morgan fingerprint density at radius 3 is 2.57 bits per heavy atom. The average molecular weight is 403 g/mol. The Balaban J connectivity index is 2.06. The number of benzene rings is 2. The van der Waals surface area contributed by atoms with Gasteiger partial charge in [-0.3, -0.25) is 9.69 Å². The van der Waals surface area contributed by atoms with Crippen molar-refractivity contribution in [2.75, 3.05) is 39.2 Å². The predicted octanol–water partition coefficient (Wildman–Crippen LogP) is 4.30. The van der Waals surface area contributed by atoms with Crippen LogP contribution >= 0.6 is 11.6 Å². The van der Waals surface area contributed by atoms with E-state index < -0.39 is 5.97 Å². The van der Waals surface area contributed by atoms with Gasteiger partial charge in [-0.15, -0.1) is 0 Å². The molecule has 0 aliphatic carbocycles. The molecule has 1 N–H and O–H groups in total. The van der Waals surface area contributed by atoms with Gasteiger partial charge in [0.05, 0.1) is 19.1 Å². The van der Waals surface area contributed by atoms with Gasteiger partial charge < -0.3 is 14.7 Å². The lowest BCUT2D eigenvalue weighted by atomic mass is 9.91. The zero-order valence-corrected chi connectivity index (χ0v) is 17.3. The van der Waals surface area contributed by atoms with Gasteiger partial charge in [0.25, 0.3) is 0 Å². The van der Waals surface area contributed by atoms with E-state index in [1.54, 1.807) is 7.11 Å². The Labute approximate surface area is 171 Å². The first-order valence-corrected chi connectivity index (χ1v) is 9.86. The zero-order chi connectivity index (χ0) is 20.3. The molecule has 0 aromatic heterocycles. The summed E-state index contributed by atoms with van der Waals surface area (Å²) in [4.78, 5) is 15.9. The summed E-state index contributed by atoms with van der Waals surface area (Å²) in [5, 5.41) is 10.2. The van der Waals surface area contributed by atoms with Gasteiger partial charge in [0.1, 0.15) is 5.75 Å². The van der Waals surface area contributed by atoms with E-state index in [4.69, 9.17) is 16.3 Å². The maximum Gasteiger partial charge on any atom is 0.307 e. The van der Waals surface area contributed by atoms with Crippen LogP contribution < -0.4 is 9.64 Å². The average Bonchev–Trinajstić information content (AvgIpc) is 2.69. The van der Waals surface area contributed by atoms with Crippen LogP contribution in [0.3, 0.4) is 0 Å². The predicted molar refractivity (Wildman–Crippen MR) is 113 cm³/mol. The second kappa shape index (κ2) is 8.84.